The highest BCUT2D eigenvalue weighted by molar-refractivity contribution is 5.92. The second-order valence-electron chi connectivity index (χ2n) is 11.1. The average Bonchev–Trinajstić information content (AvgIpc) is 2.84. The van der Waals surface area contributed by atoms with Crippen LogP contribution in [0.25, 0.3) is 0 Å². The van der Waals surface area contributed by atoms with E-state index in [1.165, 1.54) is 11.0 Å². The zero-order valence-electron chi connectivity index (χ0n) is 24.4. The standard InChI is InChI=1S/C31H45N3O5/c1-8-13-22(4)32-28(36)27(24-16-17-26(35)21(3)19-24)34(18-9-2)29(37)25(20-23-14-11-10-12-15-23)33-30(38)39-31(5,6)7/h10-12,14-17,19,22,25,27,35H,8-9,13,18,20H2,1-7H3,(H,32,36)(H,33,38). The molecule has 0 aliphatic rings. The molecule has 2 aromatic carbocycles. The average molecular weight is 540 g/mol. The fraction of sp³-hybridized carbons (Fsp3) is 0.516. The van der Waals surface area contributed by atoms with E-state index in [-0.39, 0.29) is 30.0 Å². The molecule has 0 aliphatic heterocycles. The molecular weight excluding hydrogens is 494 g/mol. The smallest absolute Gasteiger partial charge is 0.408 e. The van der Waals surface area contributed by atoms with Crippen LogP contribution >= 0.6 is 0 Å². The molecule has 0 aromatic heterocycles. The second-order valence-corrected chi connectivity index (χ2v) is 11.1. The predicted octanol–water partition coefficient (Wildman–Crippen LogP) is 5.42. The number of aromatic hydroxyl groups is 1. The van der Waals surface area contributed by atoms with E-state index in [2.05, 4.69) is 10.6 Å². The Morgan fingerprint density at radius 2 is 1.67 bits per heavy atom. The van der Waals surface area contributed by atoms with Gasteiger partial charge in [0.1, 0.15) is 23.4 Å². The number of hydrogen-bond acceptors (Lipinski definition) is 5. The maximum absolute atomic E-state index is 14.2. The lowest BCUT2D eigenvalue weighted by Crippen LogP contribution is -2.54. The fourth-order valence-corrected chi connectivity index (χ4v) is 4.46. The van der Waals surface area contributed by atoms with Crippen LogP contribution in [0.2, 0.25) is 0 Å². The van der Waals surface area contributed by atoms with Gasteiger partial charge in [0.2, 0.25) is 11.8 Å². The van der Waals surface area contributed by atoms with Gasteiger partial charge in [0.15, 0.2) is 0 Å². The lowest BCUT2D eigenvalue weighted by molar-refractivity contribution is -0.142. The monoisotopic (exact) mass is 539 g/mol. The predicted molar refractivity (Wildman–Crippen MR) is 153 cm³/mol. The van der Waals surface area contributed by atoms with Crippen molar-refractivity contribution in [3.8, 4) is 5.75 Å². The van der Waals surface area contributed by atoms with Crippen LogP contribution in [-0.2, 0) is 20.7 Å². The van der Waals surface area contributed by atoms with Crippen molar-refractivity contribution in [3.63, 3.8) is 0 Å². The van der Waals surface area contributed by atoms with E-state index in [1.54, 1.807) is 39.8 Å². The van der Waals surface area contributed by atoms with Crippen molar-refractivity contribution >= 4 is 17.9 Å². The van der Waals surface area contributed by atoms with Crippen LogP contribution in [-0.4, -0.2) is 52.1 Å². The summed E-state index contributed by atoms with van der Waals surface area (Å²) in [6.07, 6.45) is 1.83. The molecule has 214 valence electrons. The number of carbonyl (C=O) groups excluding carboxylic acids is 3. The summed E-state index contributed by atoms with van der Waals surface area (Å²) in [7, 11) is 0. The molecule has 3 atom stereocenters. The Balaban J connectivity index is 2.54. The molecular formula is C31H45N3O5. The Bertz CT molecular complexity index is 1100. The molecule has 2 aromatic rings. The van der Waals surface area contributed by atoms with Crippen LogP contribution in [0.1, 0.15) is 83.5 Å². The van der Waals surface area contributed by atoms with Gasteiger partial charge < -0.3 is 25.4 Å². The number of ether oxygens (including phenoxy) is 1. The molecule has 3 N–H and O–H groups in total. The van der Waals surface area contributed by atoms with E-state index in [0.29, 0.717) is 24.1 Å². The van der Waals surface area contributed by atoms with E-state index >= 15 is 0 Å². The largest absolute Gasteiger partial charge is 0.508 e. The van der Waals surface area contributed by atoms with Crippen molar-refractivity contribution in [2.75, 3.05) is 6.54 Å². The van der Waals surface area contributed by atoms with Gasteiger partial charge >= 0.3 is 6.09 Å². The van der Waals surface area contributed by atoms with Gasteiger partial charge in [-0.05, 0) is 76.3 Å². The number of phenols is 1. The van der Waals surface area contributed by atoms with Crippen LogP contribution in [0, 0.1) is 6.92 Å². The molecule has 0 radical (unpaired) electrons. The molecule has 3 unspecified atom stereocenters. The number of amides is 3. The number of hydrogen-bond donors (Lipinski definition) is 3. The highest BCUT2D eigenvalue weighted by atomic mass is 16.6. The third-order valence-corrected chi connectivity index (χ3v) is 6.23. The first kappa shape index (κ1) is 31.7. The molecule has 3 amide bonds. The van der Waals surface area contributed by atoms with E-state index in [4.69, 9.17) is 4.74 Å². The molecule has 0 saturated carbocycles. The summed E-state index contributed by atoms with van der Waals surface area (Å²) >= 11 is 0. The minimum absolute atomic E-state index is 0.0817. The van der Waals surface area contributed by atoms with Crippen molar-refractivity contribution in [1.82, 2.24) is 15.5 Å². The van der Waals surface area contributed by atoms with Gasteiger partial charge in [-0.25, -0.2) is 4.79 Å². The van der Waals surface area contributed by atoms with Crippen molar-refractivity contribution in [2.24, 2.45) is 0 Å². The Morgan fingerprint density at radius 3 is 2.23 bits per heavy atom. The number of benzene rings is 2. The molecule has 0 fully saturated rings. The molecule has 0 spiro atoms. The second kappa shape index (κ2) is 14.6. The summed E-state index contributed by atoms with van der Waals surface area (Å²) in [4.78, 5) is 42.3. The van der Waals surface area contributed by atoms with Crippen LogP contribution < -0.4 is 10.6 Å². The van der Waals surface area contributed by atoms with Gasteiger partial charge in [-0.3, -0.25) is 9.59 Å². The molecule has 0 heterocycles. The third kappa shape index (κ3) is 9.93. The maximum Gasteiger partial charge on any atom is 0.408 e. The molecule has 0 bridgehead atoms. The van der Waals surface area contributed by atoms with Crippen LogP contribution in [0.4, 0.5) is 4.79 Å². The highest BCUT2D eigenvalue weighted by Crippen LogP contribution is 2.28. The first-order chi connectivity index (χ1) is 18.4. The number of nitrogens with zero attached hydrogens (tertiary/aromatic N) is 1. The van der Waals surface area contributed by atoms with Gasteiger partial charge in [0.25, 0.3) is 0 Å². The maximum atomic E-state index is 14.2. The first-order valence-corrected chi connectivity index (χ1v) is 13.8. The Morgan fingerprint density at radius 1 is 1.00 bits per heavy atom. The number of nitrogens with one attached hydrogen (secondary N) is 2. The SMILES string of the molecule is CCCC(C)NC(=O)C(c1ccc(O)c(C)c1)N(CCC)C(=O)C(Cc1ccccc1)NC(=O)OC(C)(C)C. The molecule has 8 nitrogen and oxygen atoms in total. The van der Waals surface area contributed by atoms with Gasteiger partial charge in [0.05, 0.1) is 0 Å². The van der Waals surface area contributed by atoms with Gasteiger partial charge in [-0.1, -0.05) is 56.7 Å². The van der Waals surface area contributed by atoms with Crippen molar-refractivity contribution < 1.29 is 24.2 Å². The number of carbonyl (C=O) groups is 3. The number of phenolic OH excluding ortho intramolecular Hbond substituents is 1. The Labute approximate surface area is 233 Å². The van der Waals surface area contributed by atoms with Gasteiger partial charge in [-0.2, -0.15) is 0 Å². The van der Waals surface area contributed by atoms with E-state index in [9.17, 15) is 19.5 Å². The summed E-state index contributed by atoms with van der Waals surface area (Å²) in [6.45, 7) is 13.2. The molecule has 0 saturated heterocycles. The minimum atomic E-state index is -0.963. The van der Waals surface area contributed by atoms with Crippen molar-refractivity contribution in [3.05, 3.63) is 65.2 Å². The topological polar surface area (TPSA) is 108 Å². The lowest BCUT2D eigenvalue weighted by Gasteiger charge is -2.35. The van der Waals surface area contributed by atoms with Gasteiger partial charge in [-0.15, -0.1) is 0 Å². The van der Waals surface area contributed by atoms with Crippen molar-refractivity contribution in [1.29, 1.82) is 0 Å². The normalized spacial score (nSPS) is 13.6. The highest BCUT2D eigenvalue weighted by Gasteiger charge is 2.36. The number of rotatable bonds is 12. The first-order valence-electron chi connectivity index (χ1n) is 13.8. The van der Waals surface area contributed by atoms with Crippen LogP contribution in [0.5, 0.6) is 5.75 Å². The molecule has 0 aliphatic carbocycles. The quantitative estimate of drug-likeness (QED) is 0.334. The minimum Gasteiger partial charge on any atom is -0.508 e. The summed E-state index contributed by atoms with van der Waals surface area (Å²) in [5.74, 6) is -0.585. The molecule has 39 heavy (non-hydrogen) atoms. The number of alkyl carbamates (subject to hydrolysis) is 1. The fourth-order valence-electron chi connectivity index (χ4n) is 4.46. The summed E-state index contributed by atoms with van der Waals surface area (Å²) in [5.41, 5.74) is 1.31. The van der Waals surface area contributed by atoms with E-state index < -0.39 is 23.8 Å². The van der Waals surface area contributed by atoms with Crippen LogP contribution in [0.15, 0.2) is 48.5 Å². The van der Waals surface area contributed by atoms with E-state index in [1.807, 2.05) is 51.1 Å². The Kier molecular flexibility index (Phi) is 11.8. The lowest BCUT2D eigenvalue weighted by atomic mass is 9.98. The summed E-state index contributed by atoms with van der Waals surface area (Å²) in [5, 5.41) is 16.0. The molecule has 8 heteroatoms. The zero-order valence-corrected chi connectivity index (χ0v) is 24.4. The van der Waals surface area contributed by atoms with Gasteiger partial charge in [0, 0.05) is 19.0 Å². The Hall–Kier alpha value is -3.55. The van der Waals surface area contributed by atoms with Crippen molar-refractivity contribution in [2.45, 2.75) is 97.9 Å². The molecule has 2 rings (SSSR count). The summed E-state index contributed by atoms with van der Waals surface area (Å²) in [6, 6.07) is 12.4. The third-order valence-electron chi connectivity index (χ3n) is 6.23. The zero-order chi connectivity index (χ0) is 29.2. The van der Waals surface area contributed by atoms with Crippen LogP contribution in [0.3, 0.4) is 0 Å². The summed E-state index contributed by atoms with van der Waals surface area (Å²) < 4.78 is 5.47. The van der Waals surface area contributed by atoms with E-state index in [0.717, 1.165) is 18.4 Å². The number of aryl methyl sites for hydroxylation is 1.